The summed E-state index contributed by atoms with van der Waals surface area (Å²) in [5, 5.41) is 0. The minimum Gasteiger partial charge on any atom is -0.336 e. The SMILES string of the molecule is Cc1ccc2c(n1)c(Cc1cccc(S(=O)(=O)N(C)C)c1)c(C)n2CC(F)=CCN.Cl.Cl. The van der Waals surface area contributed by atoms with Crippen molar-refractivity contribution in [3.8, 4) is 0 Å². The maximum Gasteiger partial charge on any atom is 0.242 e. The van der Waals surface area contributed by atoms with Gasteiger partial charge in [-0.05, 0) is 49.8 Å². The number of nitrogens with two attached hydrogens (primary N) is 1. The molecule has 0 saturated carbocycles. The predicted octanol–water partition coefficient (Wildman–Crippen LogP) is 4.15. The van der Waals surface area contributed by atoms with Crippen LogP contribution in [-0.2, 0) is 23.0 Å². The lowest BCUT2D eigenvalue weighted by Gasteiger charge is -2.12. The monoisotopic (exact) mass is 502 g/mol. The predicted molar refractivity (Wildman–Crippen MR) is 132 cm³/mol. The van der Waals surface area contributed by atoms with E-state index in [2.05, 4.69) is 0 Å². The smallest absolute Gasteiger partial charge is 0.242 e. The van der Waals surface area contributed by atoms with Gasteiger partial charge in [0.1, 0.15) is 5.83 Å². The standard InChI is InChI=1S/C22H27FN4O2S.2ClH/c1-15-8-9-21-22(25-15)20(16(2)27(21)14-18(23)10-11-24)13-17-6-5-7-19(12-17)30(28,29)26(3)4;;/h5-10,12H,11,13-14,24H2,1-4H3;2*1H. The van der Waals surface area contributed by atoms with E-state index in [9.17, 15) is 12.8 Å². The van der Waals surface area contributed by atoms with Gasteiger partial charge in [0, 0.05) is 44.0 Å². The van der Waals surface area contributed by atoms with Crippen molar-refractivity contribution in [1.82, 2.24) is 13.9 Å². The van der Waals surface area contributed by atoms with Gasteiger partial charge in [-0.15, -0.1) is 24.8 Å². The summed E-state index contributed by atoms with van der Waals surface area (Å²) in [5.41, 5.74) is 10.6. The number of pyridine rings is 1. The number of nitrogens with zero attached hydrogens (tertiary/aromatic N) is 3. The third-order valence-corrected chi connectivity index (χ3v) is 6.95. The summed E-state index contributed by atoms with van der Waals surface area (Å²) in [4.78, 5) is 4.94. The van der Waals surface area contributed by atoms with E-state index >= 15 is 0 Å². The molecule has 2 N–H and O–H groups in total. The van der Waals surface area contributed by atoms with Crippen LogP contribution in [0.25, 0.3) is 11.0 Å². The van der Waals surface area contributed by atoms with Crippen LogP contribution in [0.15, 0.2) is 53.2 Å². The average Bonchev–Trinajstić information content (AvgIpc) is 2.93. The first-order valence-electron chi connectivity index (χ1n) is 9.66. The van der Waals surface area contributed by atoms with E-state index in [-0.39, 0.29) is 48.6 Å². The van der Waals surface area contributed by atoms with Crippen molar-refractivity contribution in [1.29, 1.82) is 0 Å². The fourth-order valence-corrected chi connectivity index (χ4v) is 4.47. The van der Waals surface area contributed by atoms with E-state index in [4.69, 9.17) is 10.7 Å². The van der Waals surface area contributed by atoms with Crippen LogP contribution in [0, 0.1) is 13.8 Å². The highest BCUT2D eigenvalue weighted by Gasteiger charge is 2.20. The summed E-state index contributed by atoms with van der Waals surface area (Å²) in [5.74, 6) is -0.302. The highest BCUT2D eigenvalue weighted by atomic mass is 35.5. The van der Waals surface area contributed by atoms with Gasteiger partial charge in [-0.25, -0.2) is 17.1 Å². The first-order valence-corrected chi connectivity index (χ1v) is 11.1. The molecule has 3 aromatic rings. The Hall–Kier alpha value is -1.97. The molecule has 0 aliphatic rings. The highest BCUT2D eigenvalue weighted by molar-refractivity contribution is 7.89. The molecule has 10 heteroatoms. The molecule has 0 unspecified atom stereocenters. The number of aromatic nitrogens is 2. The number of halogens is 3. The lowest BCUT2D eigenvalue weighted by molar-refractivity contribution is 0.520. The van der Waals surface area contributed by atoms with Crippen molar-refractivity contribution in [3.05, 3.63) is 70.8 Å². The van der Waals surface area contributed by atoms with Crippen LogP contribution < -0.4 is 5.73 Å². The Morgan fingerprint density at radius 3 is 2.50 bits per heavy atom. The third kappa shape index (κ3) is 5.68. The minimum atomic E-state index is -3.52. The van der Waals surface area contributed by atoms with Crippen LogP contribution in [0.4, 0.5) is 4.39 Å². The van der Waals surface area contributed by atoms with Gasteiger partial charge in [-0.1, -0.05) is 12.1 Å². The van der Waals surface area contributed by atoms with Crippen molar-refractivity contribution < 1.29 is 12.8 Å². The van der Waals surface area contributed by atoms with Crippen LogP contribution in [0.2, 0.25) is 0 Å². The zero-order valence-corrected chi connectivity index (χ0v) is 21.0. The number of aryl methyl sites for hydroxylation is 1. The molecule has 2 heterocycles. The molecule has 0 fully saturated rings. The summed E-state index contributed by atoms with van der Waals surface area (Å²) in [6.45, 7) is 4.07. The molecule has 6 nitrogen and oxygen atoms in total. The Bertz CT molecular complexity index is 1220. The number of sulfonamides is 1. The molecule has 0 aliphatic carbocycles. The Morgan fingerprint density at radius 2 is 1.88 bits per heavy atom. The lowest BCUT2D eigenvalue weighted by Crippen LogP contribution is -2.22. The van der Waals surface area contributed by atoms with Crippen LogP contribution in [0.3, 0.4) is 0 Å². The number of rotatable bonds is 7. The largest absolute Gasteiger partial charge is 0.336 e. The summed E-state index contributed by atoms with van der Waals surface area (Å²) < 4.78 is 42.3. The second-order valence-corrected chi connectivity index (χ2v) is 9.62. The van der Waals surface area contributed by atoms with Crippen LogP contribution >= 0.6 is 24.8 Å². The maximum atomic E-state index is 14.2. The molecule has 0 saturated heterocycles. The van der Waals surface area contributed by atoms with Crippen LogP contribution in [-0.4, -0.2) is 42.9 Å². The van der Waals surface area contributed by atoms with Gasteiger partial charge in [0.15, 0.2) is 0 Å². The molecular formula is C22H29Cl2FN4O2S. The summed E-state index contributed by atoms with van der Waals surface area (Å²) in [7, 11) is -0.505. The molecule has 32 heavy (non-hydrogen) atoms. The Balaban J connectivity index is 0.00000256. The van der Waals surface area contributed by atoms with Gasteiger partial charge in [0.2, 0.25) is 10.0 Å². The van der Waals surface area contributed by atoms with Crippen LogP contribution in [0.1, 0.15) is 22.5 Å². The molecule has 0 atom stereocenters. The van der Waals surface area contributed by atoms with E-state index in [0.717, 1.165) is 33.5 Å². The molecule has 1 aromatic carbocycles. The van der Waals surface area contributed by atoms with E-state index in [1.165, 1.54) is 24.5 Å². The number of benzene rings is 1. The summed E-state index contributed by atoms with van der Waals surface area (Å²) in [6.07, 6.45) is 1.85. The van der Waals surface area contributed by atoms with Crippen LogP contribution in [0.5, 0.6) is 0 Å². The fraction of sp³-hybridized carbons (Fsp3) is 0.318. The normalized spacial score (nSPS) is 12.0. The molecule has 176 valence electrons. The van der Waals surface area contributed by atoms with E-state index in [1.54, 1.807) is 18.2 Å². The molecular weight excluding hydrogens is 474 g/mol. The molecule has 0 spiro atoms. The highest BCUT2D eigenvalue weighted by Crippen LogP contribution is 2.29. The molecule has 0 bridgehead atoms. The van der Waals surface area contributed by atoms with Gasteiger partial charge >= 0.3 is 0 Å². The Kier molecular flexibility index (Phi) is 9.86. The van der Waals surface area contributed by atoms with Gasteiger partial charge in [0.25, 0.3) is 0 Å². The molecule has 0 radical (unpaired) electrons. The zero-order chi connectivity index (χ0) is 22.1. The maximum absolute atomic E-state index is 14.2. The second kappa shape index (κ2) is 11.2. The Morgan fingerprint density at radius 1 is 1.19 bits per heavy atom. The quantitative estimate of drug-likeness (QED) is 0.525. The molecule has 2 aromatic heterocycles. The fourth-order valence-electron chi connectivity index (χ4n) is 3.49. The number of allylic oxidation sites excluding steroid dienone is 1. The third-order valence-electron chi connectivity index (χ3n) is 5.14. The van der Waals surface area contributed by atoms with Gasteiger partial charge in [-0.2, -0.15) is 0 Å². The van der Waals surface area contributed by atoms with E-state index in [1.807, 2.05) is 36.6 Å². The minimum absolute atomic E-state index is 0. The van der Waals surface area contributed by atoms with Crippen molar-refractivity contribution in [2.75, 3.05) is 20.6 Å². The topological polar surface area (TPSA) is 81.2 Å². The van der Waals surface area contributed by atoms with Crippen molar-refractivity contribution in [2.45, 2.75) is 31.7 Å². The first-order chi connectivity index (χ1) is 14.1. The molecule has 0 amide bonds. The first kappa shape index (κ1) is 28.1. The number of hydrogen-bond donors (Lipinski definition) is 1. The van der Waals surface area contributed by atoms with E-state index < -0.39 is 10.0 Å². The van der Waals surface area contributed by atoms with Gasteiger partial charge in [0.05, 0.1) is 22.5 Å². The van der Waals surface area contributed by atoms with Gasteiger partial charge < -0.3 is 10.3 Å². The van der Waals surface area contributed by atoms with Crippen molar-refractivity contribution in [2.24, 2.45) is 5.73 Å². The lowest BCUT2D eigenvalue weighted by atomic mass is 10.0. The number of fused-ring (bicyclic) bond motifs is 1. The second-order valence-electron chi connectivity index (χ2n) is 7.47. The summed E-state index contributed by atoms with van der Waals surface area (Å²) in [6, 6.07) is 10.7. The zero-order valence-electron chi connectivity index (χ0n) is 18.5. The van der Waals surface area contributed by atoms with Gasteiger partial charge in [-0.3, -0.25) is 4.98 Å². The number of hydrogen-bond acceptors (Lipinski definition) is 4. The molecule has 3 rings (SSSR count). The molecule has 0 aliphatic heterocycles. The van der Waals surface area contributed by atoms with Crippen molar-refractivity contribution >= 4 is 45.9 Å². The van der Waals surface area contributed by atoms with Crippen molar-refractivity contribution in [3.63, 3.8) is 0 Å². The average molecular weight is 503 g/mol. The summed E-state index contributed by atoms with van der Waals surface area (Å²) >= 11 is 0. The Labute approximate surface area is 201 Å². The van der Waals surface area contributed by atoms with E-state index in [0.29, 0.717) is 6.42 Å².